The molecule has 0 fully saturated rings. The fraction of sp³-hybridized carbons (Fsp3) is 0.211. The van der Waals surface area contributed by atoms with Crippen molar-refractivity contribution in [3.05, 3.63) is 56.5 Å². The summed E-state index contributed by atoms with van der Waals surface area (Å²) < 4.78 is 1.42. The molecule has 0 radical (unpaired) electrons. The fourth-order valence-corrected chi connectivity index (χ4v) is 3.39. The summed E-state index contributed by atoms with van der Waals surface area (Å²) in [6.45, 7) is 0.779. The lowest BCUT2D eigenvalue weighted by Crippen LogP contribution is -2.19. The number of hydrogen-bond donors (Lipinski definition) is 3. The van der Waals surface area contributed by atoms with E-state index >= 15 is 0 Å². The third-order valence-electron chi connectivity index (χ3n) is 3.60. The summed E-state index contributed by atoms with van der Waals surface area (Å²) in [5.41, 5.74) is 7.12. The van der Waals surface area contributed by atoms with Gasteiger partial charge in [0.1, 0.15) is 12.0 Å². The number of halogens is 2. The number of hydrogen-bond acceptors (Lipinski definition) is 5. The quantitative estimate of drug-likeness (QED) is 0.303. The molecule has 0 spiro atoms. The van der Waals surface area contributed by atoms with Gasteiger partial charge in [0, 0.05) is 47.5 Å². The van der Waals surface area contributed by atoms with Crippen molar-refractivity contribution in [2.45, 2.75) is 12.8 Å². The number of carbonyl (C=O) groups is 2. The van der Waals surface area contributed by atoms with Gasteiger partial charge in [0.15, 0.2) is 0 Å². The van der Waals surface area contributed by atoms with Crippen molar-refractivity contribution in [1.82, 2.24) is 0 Å². The number of phenolic OH excluding ortho intramolecular Hbond substituents is 1. The van der Waals surface area contributed by atoms with Crippen LogP contribution >= 0.6 is 31.9 Å². The zero-order chi connectivity index (χ0) is 20.4. The van der Waals surface area contributed by atoms with Crippen molar-refractivity contribution in [1.29, 1.82) is 5.41 Å². The highest BCUT2D eigenvalue weighted by atomic mass is 79.9. The van der Waals surface area contributed by atoms with E-state index in [0.717, 1.165) is 35.6 Å². The van der Waals surface area contributed by atoms with Gasteiger partial charge in [-0.3, -0.25) is 4.79 Å². The molecule has 4 N–H and O–H groups in total. The number of unbranched alkanes of at least 4 members (excludes halogenated alkanes) is 1. The molecule has 0 saturated carbocycles. The minimum Gasteiger partial charge on any atom is -0.506 e. The Bertz CT molecular complexity index is 813. The molecule has 0 aromatic heterocycles. The van der Waals surface area contributed by atoms with Crippen LogP contribution in [-0.2, 0) is 4.79 Å². The molecule has 0 atom stereocenters. The van der Waals surface area contributed by atoms with E-state index in [1.54, 1.807) is 30.3 Å². The zero-order valence-corrected chi connectivity index (χ0v) is 18.0. The molecular weight excluding hydrogens is 478 g/mol. The Morgan fingerprint density at radius 3 is 2.59 bits per heavy atom. The maximum absolute atomic E-state index is 11.0. The van der Waals surface area contributed by atoms with Gasteiger partial charge in [0.05, 0.1) is 4.47 Å². The van der Waals surface area contributed by atoms with Gasteiger partial charge in [0.2, 0.25) is 5.91 Å². The largest absolute Gasteiger partial charge is 0.506 e. The predicted octanol–water partition coefficient (Wildman–Crippen LogP) is 4.12. The van der Waals surface area contributed by atoms with E-state index in [2.05, 4.69) is 31.9 Å². The Labute approximate surface area is 175 Å². The number of aromatic hydroxyl groups is 1. The number of rotatable bonds is 7. The summed E-state index contributed by atoms with van der Waals surface area (Å²) in [6, 6.07) is 10.5. The van der Waals surface area contributed by atoms with E-state index in [0.29, 0.717) is 22.0 Å². The summed E-state index contributed by atoms with van der Waals surface area (Å²) in [7, 11) is 1.92. The van der Waals surface area contributed by atoms with Gasteiger partial charge in [-0.05, 0) is 52.7 Å². The first-order valence-corrected chi connectivity index (χ1v) is 9.61. The lowest BCUT2D eigenvalue weighted by molar-refractivity contribution is -0.107. The number of primary amides is 1. The minimum atomic E-state index is -0.428. The second-order valence-electron chi connectivity index (χ2n) is 5.61. The zero-order valence-electron chi connectivity index (χ0n) is 14.8. The molecule has 1 amide bonds. The predicted molar refractivity (Wildman–Crippen MR) is 115 cm³/mol. The molecule has 8 heteroatoms. The first-order chi connectivity index (χ1) is 12.8. The Kier molecular flexibility index (Phi) is 9.74. The van der Waals surface area contributed by atoms with Crippen LogP contribution in [0.4, 0.5) is 5.69 Å². The fourth-order valence-electron chi connectivity index (χ4n) is 2.13. The van der Waals surface area contributed by atoms with Gasteiger partial charge in [-0.1, -0.05) is 22.0 Å². The van der Waals surface area contributed by atoms with Crippen LogP contribution in [-0.4, -0.2) is 37.1 Å². The van der Waals surface area contributed by atoms with Crippen molar-refractivity contribution >= 4 is 56.0 Å². The number of nitrogens with two attached hydrogens (primary N) is 1. The Balaban J connectivity index is 0.000000289. The highest BCUT2D eigenvalue weighted by Crippen LogP contribution is 2.30. The van der Waals surface area contributed by atoms with Crippen molar-refractivity contribution in [2.75, 3.05) is 18.5 Å². The van der Waals surface area contributed by atoms with E-state index in [1.807, 2.05) is 18.0 Å². The first kappa shape index (κ1) is 22.9. The van der Waals surface area contributed by atoms with Crippen LogP contribution in [0.15, 0.2) is 45.3 Å². The van der Waals surface area contributed by atoms with Crippen LogP contribution in [0.1, 0.15) is 28.8 Å². The molecule has 0 aliphatic rings. The van der Waals surface area contributed by atoms with Gasteiger partial charge in [-0.15, -0.1) is 0 Å². The van der Waals surface area contributed by atoms with Gasteiger partial charge >= 0.3 is 0 Å². The summed E-state index contributed by atoms with van der Waals surface area (Å²) >= 11 is 6.40. The van der Waals surface area contributed by atoms with Crippen LogP contribution in [0.25, 0.3) is 0 Å². The lowest BCUT2D eigenvalue weighted by atomic mass is 10.2. The number of anilines is 1. The van der Waals surface area contributed by atoms with Crippen LogP contribution in [0.3, 0.4) is 0 Å². The smallest absolute Gasteiger partial charge is 0.248 e. The van der Waals surface area contributed by atoms with Crippen molar-refractivity contribution in [3.8, 4) is 5.75 Å². The SMILES string of the molecule is CN(CCCC=O)c1cccc(C(N)=O)c1.N=Cc1cc(Br)cc(Br)c1O. The van der Waals surface area contributed by atoms with E-state index in [9.17, 15) is 14.7 Å². The Hall–Kier alpha value is -2.19. The van der Waals surface area contributed by atoms with E-state index < -0.39 is 5.91 Å². The molecule has 0 aliphatic heterocycles. The maximum atomic E-state index is 11.0. The summed E-state index contributed by atoms with van der Waals surface area (Å²) in [4.78, 5) is 23.2. The van der Waals surface area contributed by atoms with Crippen molar-refractivity contribution < 1.29 is 14.7 Å². The number of carbonyl (C=O) groups excluding carboxylic acids is 2. The van der Waals surface area contributed by atoms with Gasteiger partial charge in [0.25, 0.3) is 0 Å². The average Bonchev–Trinajstić information content (AvgIpc) is 2.65. The van der Waals surface area contributed by atoms with Crippen molar-refractivity contribution in [3.63, 3.8) is 0 Å². The Morgan fingerprint density at radius 1 is 1.30 bits per heavy atom. The molecule has 0 aliphatic carbocycles. The standard InChI is InChI=1S/C12H16N2O2.C7H5Br2NO/c1-14(7-2-3-8-15)11-6-4-5-10(9-11)12(13)16;8-5-1-4(3-10)7(11)6(9)2-5/h4-6,8-9H,2-3,7H2,1H3,(H2,13,16);1-3,10-11H. The topological polar surface area (TPSA) is 107 Å². The summed E-state index contributed by atoms with van der Waals surface area (Å²) in [5.74, 6) is -0.327. The third kappa shape index (κ3) is 7.52. The lowest BCUT2D eigenvalue weighted by Gasteiger charge is -2.19. The number of aldehydes is 1. The van der Waals surface area contributed by atoms with Gasteiger partial charge < -0.3 is 25.9 Å². The summed E-state index contributed by atoms with van der Waals surface area (Å²) in [6.07, 6.45) is 3.37. The molecule has 2 aromatic carbocycles. The van der Waals surface area contributed by atoms with Crippen molar-refractivity contribution in [2.24, 2.45) is 5.73 Å². The molecule has 144 valence electrons. The highest BCUT2D eigenvalue weighted by Gasteiger charge is 2.05. The molecule has 2 rings (SSSR count). The average molecular weight is 499 g/mol. The Morgan fingerprint density at radius 2 is 2.00 bits per heavy atom. The monoisotopic (exact) mass is 497 g/mol. The normalized spacial score (nSPS) is 9.74. The third-order valence-corrected chi connectivity index (χ3v) is 4.66. The minimum absolute atomic E-state index is 0.100. The molecule has 27 heavy (non-hydrogen) atoms. The molecule has 0 heterocycles. The molecular formula is C19H21Br2N3O3. The second kappa shape index (κ2) is 11.5. The summed E-state index contributed by atoms with van der Waals surface area (Å²) in [5, 5.41) is 16.3. The second-order valence-corrected chi connectivity index (χ2v) is 7.38. The highest BCUT2D eigenvalue weighted by molar-refractivity contribution is 9.11. The van der Waals surface area contributed by atoms with E-state index in [4.69, 9.17) is 11.1 Å². The van der Waals surface area contributed by atoms with Gasteiger partial charge in [-0.2, -0.15) is 0 Å². The molecule has 6 nitrogen and oxygen atoms in total. The van der Waals surface area contributed by atoms with Crippen LogP contribution in [0.5, 0.6) is 5.75 Å². The molecule has 2 aromatic rings. The van der Waals surface area contributed by atoms with Gasteiger partial charge in [-0.25, -0.2) is 0 Å². The number of nitrogens with one attached hydrogen (secondary N) is 1. The van der Waals surface area contributed by atoms with E-state index in [-0.39, 0.29) is 5.75 Å². The van der Waals surface area contributed by atoms with Crippen LogP contribution in [0.2, 0.25) is 0 Å². The molecule has 0 unspecified atom stereocenters. The van der Waals surface area contributed by atoms with Crippen LogP contribution in [0, 0.1) is 5.41 Å². The maximum Gasteiger partial charge on any atom is 0.248 e. The number of benzene rings is 2. The number of nitrogens with zero attached hydrogens (tertiary/aromatic N) is 1. The van der Waals surface area contributed by atoms with E-state index in [1.165, 1.54) is 0 Å². The first-order valence-electron chi connectivity index (χ1n) is 8.03. The van der Waals surface area contributed by atoms with Crippen LogP contribution < -0.4 is 10.6 Å². The number of amides is 1. The number of phenols is 1. The molecule has 0 bridgehead atoms. The molecule has 0 saturated heterocycles.